The Hall–Kier alpha value is -1.68. The Morgan fingerprint density at radius 3 is 2.67 bits per heavy atom. The van der Waals surface area contributed by atoms with Gasteiger partial charge < -0.3 is 5.32 Å². The minimum absolute atomic E-state index is 0.159. The zero-order chi connectivity index (χ0) is 13.1. The molecule has 0 radical (unpaired) electrons. The van der Waals surface area contributed by atoms with Crippen LogP contribution in [-0.4, -0.2) is 10.9 Å². The van der Waals surface area contributed by atoms with Gasteiger partial charge in [-0.05, 0) is 53.5 Å². The zero-order valence-corrected chi connectivity index (χ0v) is 11.8. The lowest BCUT2D eigenvalue weighted by atomic mass is 10.2. The van der Waals surface area contributed by atoms with Gasteiger partial charge in [0.25, 0.3) is 5.91 Å². The van der Waals surface area contributed by atoms with E-state index in [1.54, 1.807) is 12.3 Å². The van der Waals surface area contributed by atoms with Gasteiger partial charge in [0.2, 0.25) is 0 Å². The van der Waals surface area contributed by atoms with Crippen LogP contribution in [0.4, 0.5) is 5.69 Å². The van der Waals surface area contributed by atoms with Gasteiger partial charge in [0.15, 0.2) is 0 Å². The van der Waals surface area contributed by atoms with Crippen molar-refractivity contribution in [3.05, 3.63) is 57.8 Å². The van der Waals surface area contributed by atoms with Gasteiger partial charge in [-0.3, -0.25) is 9.78 Å². The topological polar surface area (TPSA) is 42.0 Å². The van der Waals surface area contributed by atoms with Crippen LogP contribution in [0.15, 0.2) is 41.0 Å². The van der Waals surface area contributed by atoms with E-state index in [1.165, 1.54) is 0 Å². The van der Waals surface area contributed by atoms with Crippen LogP contribution in [0, 0.1) is 13.8 Å². The smallest absolute Gasteiger partial charge is 0.257 e. The second-order valence-corrected chi connectivity index (χ2v) is 4.87. The fraction of sp³-hybridized carbons (Fsp3) is 0.143. The third-order valence-corrected chi connectivity index (χ3v) is 3.67. The summed E-state index contributed by atoms with van der Waals surface area (Å²) in [6, 6.07) is 9.33. The molecule has 3 nitrogen and oxygen atoms in total. The standard InChI is InChI=1S/C14H13BrN2O/c1-9-4-3-5-12(13(9)15)17-14(18)11-7-6-10(2)16-8-11/h3-8H,1-2H3,(H,17,18). The molecule has 1 aromatic carbocycles. The van der Waals surface area contributed by atoms with Gasteiger partial charge in [-0.25, -0.2) is 0 Å². The molecule has 2 aromatic rings. The first-order chi connectivity index (χ1) is 8.58. The molecule has 0 fully saturated rings. The molecule has 0 unspecified atom stereocenters. The van der Waals surface area contributed by atoms with Crippen molar-refractivity contribution in [1.82, 2.24) is 4.98 Å². The summed E-state index contributed by atoms with van der Waals surface area (Å²) in [7, 11) is 0. The minimum Gasteiger partial charge on any atom is -0.321 e. The van der Waals surface area contributed by atoms with E-state index >= 15 is 0 Å². The fourth-order valence-corrected chi connectivity index (χ4v) is 1.90. The van der Waals surface area contributed by atoms with Gasteiger partial charge in [0.05, 0.1) is 11.3 Å². The van der Waals surface area contributed by atoms with Crippen LogP contribution < -0.4 is 5.32 Å². The Morgan fingerprint density at radius 1 is 1.22 bits per heavy atom. The first kappa shape index (κ1) is 12.8. The molecular formula is C14H13BrN2O. The molecule has 4 heteroatoms. The van der Waals surface area contributed by atoms with Gasteiger partial charge in [0, 0.05) is 16.4 Å². The van der Waals surface area contributed by atoms with E-state index in [1.807, 2.05) is 38.1 Å². The molecule has 1 aromatic heterocycles. The molecule has 2 rings (SSSR count). The molecule has 0 spiro atoms. The second-order valence-electron chi connectivity index (χ2n) is 4.08. The number of rotatable bonds is 2. The molecule has 0 saturated heterocycles. The van der Waals surface area contributed by atoms with Gasteiger partial charge in [0.1, 0.15) is 0 Å². The van der Waals surface area contributed by atoms with Crippen LogP contribution in [0.1, 0.15) is 21.6 Å². The minimum atomic E-state index is -0.159. The summed E-state index contributed by atoms with van der Waals surface area (Å²) in [5, 5.41) is 2.86. The molecule has 0 saturated carbocycles. The van der Waals surface area contributed by atoms with Gasteiger partial charge in [-0.15, -0.1) is 0 Å². The van der Waals surface area contributed by atoms with Crippen molar-refractivity contribution in [1.29, 1.82) is 0 Å². The zero-order valence-electron chi connectivity index (χ0n) is 10.2. The van der Waals surface area contributed by atoms with E-state index in [0.717, 1.165) is 21.4 Å². The molecule has 1 amide bonds. The van der Waals surface area contributed by atoms with E-state index in [4.69, 9.17) is 0 Å². The molecule has 1 heterocycles. The quantitative estimate of drug-likeness (QED) is 0.919. The molecule has 0 aliphatic heterocycles. The number of halogens is 1. The molecule has 1 N–H and O–H groups in total. The van der Waals surface area contributed by atoms with Crippen LogP contribution in [0.2, 0.25) is 0 Å². The highest BCUT2D eigenvalue weighted by Gasteiger charge is 2.09. The number of nitrogens with zero attached hydrogens (tertiary/aromatic N) is 1. The van der Waals surface area contributed by atoms with Crippen molar-refractivity contribution < 1.29 is 4.79 Å². The van der Waals surface area contributed by atoms with Crippen molar-refractivity contribution in [3.63, 3.8) is 0 Å². The number of pyridine rings is 1. The predicted molar refractivity (Wildman–Crippen MR) is 75.8 cm³/mol. The number of amides is 1. The summed E-state index contributed by atoms with van der Waals surface area (Å²) < 4.78 is 0.901. The van der Waals surface area contributed by atoms with Gasteiger partial charge >= 0.3 is 0 Å². The Balaban J connectivity index is 2.21. The van der Waals surface area contributed by atoms with Crippen LogP contribution in [0.5, 0.6) is 0 Å². The number of hydrogen-bond donors (Lipinski definition) is 1. The van der Waals surface area contributed by atoms with Crippen molar-refractivity contribution in [2.75, 3.05) is 5.32 Å². The Kier molecular flexibility index (Phi) is 3.77. The number of hydrogen-bond acceptors (Lipinski definition) is 2. The van der Waals surface area contributed by atoms with Crippen LogP contribution >= 0.6 is 15.9 Å². The molecule has 0 aliphatic rings. The summed E-state index contributed by atoms with van der Waals surface area (Å²) in [6.07, 6.45) is 1.58. The molecule has 0 bridgehead atoms. The average Bonchev–Trinajstić information content (AvgIpc) is 2.36. The molecule has 0 atom stereocenters. The van der Waals surface area contributed by atoms with Crippen molar-refractivity contribution >= 4 is 27.5 Å². The highest BCUT2D eigenvalue weighted by atomic mass is 79.9. The van der Waals surface area contributed by atoms with E-state index in [-0.39, 0.29) is 5.91 Å². The first-order valence-electron chi connectivity index (χ1n) is 5.57. The number of nitrogens with one attached hydrogen (secondary N) is 1. The summed E-state index contributed by atoms with van der Waals surface area (Å²) in [5.74, 6) is -0.159. The lowest BCUT2D eigenvalue weighted by molar-refractivity contribution is 0.102. The largest absolute Gasteiger partial charge is 0.321 e. The van der Waals surface area contributed by atoms with E-state index in [2.05, 4.69) is 26.2 Å². The van der Waals surface area contributed by atoms with Crippen LogP contribution in [-0.2, 0) is 0 Å². The second kappa shape index (κ2) is 5.31. The molecule has 0 aliphatic carbocycles. The summed E-state index contributed by atoms with van der Waals surface area (Å²) in [6.45, 7) is 3.87. The maximum Gasteiger partial charge on any atom is 0.257 e. The number of aromatic nitrogens is 1. The summed E-state index contributed by atoms with van der Waals surface area (Å²) in [5.41, 5.74) is 3.28. The third kappa shape index (κ3) is 2.76. The number of carbonyl (C=O) groups excluding carboxylic acids is 1. The predicted octanol–water partition coefficient (Wildman–Crippen LogP) is 3.71. The van der Waals surface area contributed by atoms with Crippen molar-refractivity contribution in [3.8, 4) is 0 Å². The lowest BCUT2D eigenvalue weighted by Crippen LogP contribution is -2.12. The Labute approximate surface area is 114 Å². The number of aryl methyl sites for hydroxylation is 2. The maximum absolute atomic E-state index is 12.0. The molecule has 92 valence electrons. The number of anilines is 1. The Morgan fingerprint density at radius 2 is 2.00 bits per heavy atom. The first-order valence-corrected chi connectivity index (χ1v) is 6.36. The van der Waals surface area contributed by atoms with Gasteiger partial charge in [-0.1, -0.05) is 12.1 Å². The monoisotopic (exact) mass is 304 g/mol. The third-order valence-electron chi connectivity index (χ3n) is 2.61. The fourth-order valence-electron chi connectivity index (χ4n) is 1.54. The normalized spacial score (nSPS) is 10.2. The number of carbonyl (C=O) groups is 1. The van der Waals surface area contributed by atoms with Crippen molar-refractivity contribution in [2.45, 2.75) is 13.8 Å². The SMILES string of the molecule is Cc1ccc(C(=O)Nc2cccc(C)c2Br)cn1. The van der Waals surface area contributed by atoms with E-state index in [0.29, 0.717) is 5.56 Å². The molecular weight excluding hydrogens is 292 g/mol. The highest BCUT2D eigenvalue weighted by molar-refractivity contribution is 9.10. The van der Waals surface area contributed by atoms with E-state index < -0.39 is 0 Å². The molecule has 18 heavy (non-hydrogen) atoms. The van der Waals surface area contributed by atoms with Crippen LogP contribution in [0.25, 0.3) is 0 Å². The number of benzene rings is 1. The van der Waals surface area contributed by atoms with E-state index in [9.17, 15) is 4.79 Å². The lowest BCUT2D eigenvalue weighted by Gasteiger charge is -2.09. The van der Waals surface area contributed by atoms with Crippen LogP contribution in [0.3, 0.4) is 0 Å². The van der Waals surface area contributed by atoms with Gasteiger partial charge in [-0.2, -0.15) is 0 Å². The Bertz CT molecular complexity index is 579. The maximum atomic E-state index is 12.0. The summed E-state index contributed by atoms with van der Waals surface area (Å²) >= 11 is 3.46. The average molecular weight is 305 g/mol. The summed E-state index contributed by atoms with van der Waals surface area (Å²) in [4.78, 5) is 16.1. The highest BCUT2D eigenvalue weighted by Crippen LogP contribution is 2.26. The van der Waals surface area contributed by atoms with Crippen molar-refractivity contribution in [2.24, 2.45) is 0 Å².